The highest BCUT2D eigenvalue weighted by molar-refractivity contribution is 7.91. The summed E-state index contributed by atoms with van der Waals surface area (Å²) < 4.78 is 32.6. The maximum absolute atomic E-state index is 12.6. The van der Waals surface area contributed by atoms with Gasteiger partial charge in [-0.05, 0) is 73.4 Å². The van der Waals surface area contributed by atoms with E-state index in [1.165, 1.54) is 0 Å². The topological polar surface area (TPSA) is 78.3 Å². The molecule has 0 amide bonds. The van der Waals surface area contributed by atoms with Gasteiger partial charge in [-0.3, -0.25) is 4.79 Å². The van der Waals surface area contributed by atoms with Crippen molar-refractivity contribution in [2.45, 2.75) is 56.6 Å². The third kappa shape index (κ3) is 5.29. The van der Waals surface area contributed by atoms with Crippen molar-refractivity contribution in [3.05, 3.63) is 88.7 Å². The van der Waals surface area contributed by atoms with Crippen molar-refractivity contribution in [1.82, 2.24) is 9.55 Å². The fourth-order valence-electron chi connectivity index (χ4n) is 4.65. The fraction of sp³-hybridized carbons (Fsp3) is 0.310. The van der Waals surface area contributed by atoms with Gasteiger partial charge in [0.15, 0.2) is 21.3 Å². The summed E-state index contributed by atoms with van der Waals surface area (Å²) in [5.74, 6) is 1.78. The SMILES string of the molecule is CCn1c(C2(Oc3ccc(CC(=O)Cc4ccc(S(=O)(=O)CC)cc4)cc3)CC2)nc2ccc(Cl)cc21. The van der Waals surface area contributed by atoms with E-state index >= 15 is 0 Å². The van der Waals surface area contributed by atoms with E-state index in [-0.39, 0.29) is 22.9 Å². The number of carbonyl (C=O) groups is 1. The van der Waals surface area contributed by atoms with Crippen molar-refractivity contribution in [1.29, 1.82) is 0 Å². The second kappa shape index (κ2) is 9.95. The van der Waals surface area contributed by atoms with Gasteiger partial charge in [-0.2, -0.15) is 0 Å². The van der Waals surface area contributed by atoms with E-state index in [1.54, 1.807) is 31.2 Å². The zero-order chi connectivity index (χ0) is 26.2. The summed E-state index contributed by atoms with van der Waals surface area (Å²) in [4.78, 5) is 17.8. The van der Waals surface area contributed by atoms with Crippen molar-refractivity contribution in [3.8, 4) is 5.75 Å². The first-order valence-electron chi connectivity index (χ1n) is 12.5. The van der Waals surface area contributed by atoms with Crippen LogP contribution in [0.25, 0.3) is 11.0 Å². The number of nitrogens with zero attached hydrogens (tertiary/aromatic N) is 2. The number of ether oxygens (including phenoxy) is 1. The molecule has 0 atom stereocenters. The smallest absolute Gasteiger partial charge is 0.178 e. The zero-order valence-electron chi connectivity index (χ0n) is 20.9. The maximum Gasteiger partial charge on any atom is 0.178 e. The third-order valence-corrected chi connectivity index (χ3v) is 8.83. The molecule has 1 saturated carbocycles. The van der Waals surface area contributed by atoms with Gasteiger partial charge in [0.25, 0.3) is 0 Å². The molecular weight excluding hydrogens is 508 g/mol. The van der Waals surface area contributed by atoms with Crippen molar-refractivity contribution in [2.24, 2.45) is 0 Å². The molecule has 0 saturated heterocycles. The van der Waals surface area contributed by atoms with E-state index < -0.39 is 15.4 Å². The minimum atomic E-state index is -3.24. The van der Waals surface area contributed by atoms with Gasteiger partial charge < -0.3 is 9.30 Å². The summed E-state index contributed by atoms with van der Waals surface area (Å²) in [6, 6.07) is 20.0. The fourth-order valence-corrected chi connectivity index (χ4v) is 5.70. The Bertz CT molecular complexity index is 1550. The molecule has 8 heteroatoms. The van der Waals surface area contributed by atoms with Gasteiger partial charge in [0.1, 0.15) is 11.5 Å². The van der Waals surface area contributed by atoms with E-state index in [1.807, 2.05) is 42.5 Å². The molecule has 1 aliphatic rings. The molecule has 5 rings (SSSR count). The lowest BCUT2D eigenvalue weighted by molar-refractivity contribution is -0.117. The predicted octanol–water partition coefficient (Wildman–Crippen LogP) is 5.93. The average Bonchev–Trinajstić information content (AvgIpc) is 3.57. The van der Waals surface area contributed by atoms with Crippen LogP contribution in [0.5, 0.6) is 5.75 Å². The summed E-state index contributed by atoms with van der Waals surface area (Å²) in [7, 11) is -3.24. The number of hydrogen-bond donors (Lipinski definition) is 0. The molecular formula is C29H29ClN2O4S. The average molecular weight is 537 g/mol. The Kier molecular flexibility index (Phi) is 6.86. The molecule has 0 bridgehead atoms. The number of carbonyl (C=O) groups excluding carboxylic acids is 1. The number of rotatable bonds is 10. The number of fused-ring (bicyclic) bond motifs is 1. The van der Waals surface area contributed by atoms with Crippen LogP contribution in [0.4, 0.5) is 0 Å². The van der Waals surface area contributed by atoms with Gasteiger partial charge in [-0.15, -0.1) is 0 Å². The van der Waals surface area contributed by atoms with Crippen molar-refractivity contribution >= 4 is 38.3 Å². The number of ketones is 1. The number of imidazole rings is 1. The van der Waals surface area contributed by atoms with Crippen LogP contribution in [0.15, 0.2) is 71.6 Å². The van der Waals surface area contributed by atoms with Crippen molar-refractivity contribution < 1.29 is 17.9 Å². The van der Waals surface area contributed by atoms with E-state index in [9.17, 15) is 13.2 Å². The Morgan fingerprint density at radius 3 is 2.16 bits per heavy atom. The Morgan fingerprint density at radius 1 is 0.973 bits per heavy atom. The van der Waals surface area contributed by atoms with Crippen LogP contribution in [-0.2, 0) is 39.6 Å². The molecule has 0 spiro atoms. The number of aromatic nitrogens is 2. The summed E-state index contributed by atoms with van der Waals surface area (Å²) in [5, 5.41) is 0.686. The van der Waals surface area contributed by atoms with Crippen LogP contribution < -0.4 is 4.74 Å². The Morgan fingerprint density at radius 2 is 1.59 bits per heavy atom. The molecule has 3 aromatic carbocycles. The highest BCUT2D eigenvalue weighted by Crippen LogP contribution is 2.49. The number of hydrogen-bond acceptors (Lipinski definition) is 5. The summed E-state index contributed by atoms with van der Waals surface area (Å²) in [6.07, 6.45) is 2.34. The molecule has 1 aromatic heterocycles. The summed E-state index contributed by atoms with van der Waals surface area (Å²) in [5.41, 5.74) is 3.18. The molecule has 192 valence electrons. The molecule has 0 unspecified atom stereocenters. The summed E-state index contributed by atoms with van der Waals surface area (Å²) >= 11 is 6.22. The second-order valence-corrected chi connectivity index (χ2v) is 12.2. The molecule has 37 heavy (non-hydrogen) atoms. The van der Waals surface area contributed by atoms with E-state index in [0.717, 1.165) is 53.1 Å². The molecule has 4 aromatic rings. The monoisotopic (exact) mass is 536 g/mol. The zero-order valence-corrected chi connectivity index (χ0v) is 22.5. The van der Waals surface area contributed by atoms with Crippen molar-refractivity contribution in [3.63, 3.8) is 0 Å². The standard InChI is InChI=1S/C29H29ClN2O4S/c1-3-32-27-19-22(30)9-14-26(27)31-28(32)29(15-16-29)36-24-10-5-20(6-11-24)17-23(33)18-21-7-12-25(13-8-21)37(34,35)4-2/h5-14,19H,3-4,15-18H2,1-2H3. The first-order chi connectivity index (χ1) is 17.7. The molecule has 1 aliphatic carbocycles. The Hall–Kier alpha value is -3.16. The van der Waals surface area contributed by atoms with Crippen LogP contribution in [0.3, 0.4) is 0 Å². The van der Waals surface area contributed by atoms with Crippen LogP contribution >= 0.6 is 11.6 Å². The minimum absolute atomic E-state index is 0.0552. The first kappa shape index (κ1) is 25.5. The van der Waals surface area contributed by atoms with Crippen LogP contribution in [0, 0.1) is 0 Å². The first-order valence-corrected chi connectivity index (χ1v) is 14.5. The van der Waals surface area contributed by atoms with E-state index in [2.05, 4.69) is 11.5 Å². The molecule has 0 N–H and O–H groups in total. The van der Waals surface area contributed by atoms with Gasteiger partial charge in [-0.1, -0.05) is 42.8 Å². The van der Waals surface area contributed by atoms with Gasteiger partial charge in [-0.25, -0.2) is 13.4 Å². The van der Waals surface area contributed by atoms with Gasteiger partial charge in [0.2, 0.25) is 0 Å². The third-order valence-electron chi connectivity index (χ3n) is 6.84. The Balaban J connectivity index is 1.24. The lowest BCUT2D eigenvalue weighted by Crippen LogP contribution is -2.21. The van der Waals surface area contributed by atoms with Crippen molar-refractivity contribution in [2.75, 3.05) is 5.75 Å². The largest absolute Gasteiger partial charge is 0.479 e. The van der Waals surface area contributed by atoms with Crippen LogP contribution in [-0.4, -0.2) is 29.5 Å². The van der Waals surface area contributed by atoms with Gasteiger partial charge in [0.05, 0.1) is 21.7 Å². The van der Waals surface area contributed by atoms with Gasteiger partial charge in [0, 0.05) is 24.4 Å². The summed E-state index contributed by atoms with van der Waals surface area (Å²) in [6.45, 7) is 4.48. The molecule has 0 aliphatic heterocycles. The lowest BCUT2D eigenvalue weighted by Gasteiger charge is -2.19. The maximum atomic E-state index is 12.6. The highest BCUT2D eigenvalue weighted by Gasteiger charge is 2.51. The quantitative estimate of drug-likeness (QED) is 0.251. The minimum Gasteiger partial charge on any atom is -0.479 e. The van der Waals surface area contributed by atoms with E-state index in [0.29, 0.717) is 11.4 Å². The second-order valence-electron chi connectivity index (χ2n) is 9.49. The molecule has 1 fully saturated rings. The predicted molar refractivity (Wildman–Crippen MR) is 145 cm³/mol. The van der Waals surface area contributed by atoms with E-state index in [4.69, 9.17) is 21.3 Å². The van der Waals surface area contributed by atoms with Crippen LogP contribution in [0.1, 0.15) is 43.6 Å². The number of benzene rings is 3. The lowest BCUT2D eigenvalue weighted by atomic mass is 10.0. The number of halogens is 1. The molecule has 1 heterocycles. The molecule has 6 nitrogen and oxygen atoms in total. The van der Waals surface area contributed by atoms with Crippen LogP contribution in [0.2, 0.25) is 5.02 Å². The number of Topliss-reactive ketones (excluding diaryl/α,β-unsaturated/α-hetero) is 1. The normalized spacial score (nSPS) is 14.6. The van der Waals surface area contributed by atoms with Gasteiger partial charge >= 0.3 is 0 Å². The number of sulfone groups is 1. The molecule has 0 radical (unpaired) electrons. The Labute approximate surface area is 222 Å². The highest BCUT2D eigenvalue weighted by atomic mass is 35.5. The number of aryl methyl sites for hydroxylation is 1.